The second-order valence-corrected chi connectivity index (χ2v) is 9.21. The van der Waals surface area contributed by atoms with E-state index in [9.17, 15) is 14.0 Å². The lowest BCUT2D eigenvalue weighted by atomic mass is 9.97. The maximum absolute atomic E-state index is 13.5. The minimum Gasteiger partial charge on any atom is -0.466 e. The molecule has 2 fully saturated rings. The molecule has 2 aliphatic heterocycles. The van der Waals surface area contributed by atoms with Crippen molar-refractivity contribution in [2.45, 2.75) is 19.8 Å². The molecule has 3 heterocycles. The van der Waals surface area contributed by atoms with Crippen LogP contribution in [0.5, 0.6) is 0 Å². The number of carbonyl (C=O) groups excluding carboxylic acids is 2. The van der Waals surface area contributed by atoms with E-state index < -0.39 is 0 Å². The first-order valence-corrected chi connectivity index (χ1v) is 12.5. The predicted octanol–water partition coefficient (Wildman–Crippen LogP) is 3.51. The molecule has 0 radical (unpaired) electrons. The van der Waals surface area contributed by atoms with Gasteiger partial charge in [-0.05, 0) is 44.0 Å². The van der Waals surface area contributed by atoms with Gasteiger partial charge in [0.05, 0.1) is 12.5 Å². The molecule has 0 saturated carbocycles. The van der Waals surface area contributed by atoms with E-state index in [1.165, 1.54) is 12.1 Å². The highest BCUT2D eigenvalue weighted by molar-refractivity contribution is 6.07. The van der Waals surface area contributed by atoms with Gasteiger partial charge in [-0.25, -0.2) is 4.39 Å². The van der Waals surface area contributed by atoms with Crippen molar-refractivity contribution < 1.29 is 18.7 Å². The number of amides is 1. The Kier molecular flexibility index (Phi) is 6.97. The van der Waals surface area contributed by atoms with Crippen molar-refractivity contribution in [2.24, 2.45) is 5.92 Å². The molecular formula is C27H30FN5O3. The largest absolute Gasteiger partial charge is 0.466 e. The number of carbonyl (C=O) groups is 2. The van der Waals surface area contributed by atoms with Crippen molar-refractivity contribution in [3.05, 3.63) is 60.0 Å². The molecule has 2 aliphatic rings. The summed E-state index contributed by atoms with van der Waals surface area (Å²) in [6.45, 7) is 6.04. The van der Waals surface area contributed by atoms with Crippen LogP contribution < -0.4 is 9.80 Å². The topological polar surface area (TPSA) is 78.9 Å². The summed E-state index contributed by atoms with van der Waals surface area (Å²) in [5.41, 5.74) is 1.30. The molecule has 2 aromatic carbocycles. The number of esters is 1. The molecule has 2 saturated heterocycles. The SMILES string of the molecule is CCOC(=O)[C@@H]1CCCN(C(=O)c2nnc(N3CCN(c4ccc(F)cc4)CC3)c3ccccc23)C1. The van der Waals surface area contributed by atoms with Crippen molar-refractivity contribution >= 4 is 34.2 Å². The van der Waals surface area contributed by atoms with E-state index in [4.69, 9.17) is 4.74 Å². The summed E-state index contributed by atoms with van der Waals surface area (Å²) in [7, 11) is 0. The number of likely N-dealkylation sites (tertiary alicyclic amines) is 1. The standard InChI is InChI=1S/C27H30FN5O3/c1-2-36-27(35)19-6-5-13-33(18-19)26(34)24-22-7-3-4-8-23(22)25(30-29-24)32-16-14-31(15-17-32)21-11-9-20(28)10-12-21/h3-4,7-12,19H,2,5-6,13-18H2,1H3/t19-/m1/s1. The fraction of sp³-hybridized carbons (Fsp3) is 0.407. The number of piperidine rings is 1. The normalized spacial score (nSPS) is 18.4. The predicted molar refractivity (Wildman–Crippen MR) is 136 cm³/mol. The highest BCUT2D eigenvalue weighted by atomic mass is 19.1. The van der Waals surface area contributed by atoms with E-state index in [0.717, 1.165) is 61.3 Å². The zero-order valence-corrected chi connectivity index (χ0v) is 20.4. The van der Waals surface area contributed by atoms with Gasteiger partial charge < -0.3 is 19.4 Å². The Morgan fingerprint density at radius 2 is 1.64 bits per heavy atom. The van der Waals surface area contributed by atoms with Gasteiger partial charge >= 0.3 is 5.97 Å². The second kappa shape index (κ2) is 10.5. The molecule has 1 aromatic heterocycles. The van der Waals surface area contributed by atoms with Gasteiger partial charge in [0, 0.05) is 55.7 Å². The molecule has 0 unspecified atom stereocenters. The van der Waals surface area contributed by atoms with Crippen molar-refractivity contribution in [1.29, 1.82) is 0 Å². The second-order valence-electron chi connectivity index (χ2n) is 9.21. The smallest absolute Gasteiger partial charge is 0.310 e. The van der Waals surface area contributed by atoms with Gasteiger partial charge in [0.15, 0.2) is 11.5 Å². The summed E-state index contributed by atoms with van der Waals surface area (Å²) in [4.78, 5) is 31.8. The molecule has 3 aromatic rings. The van der Waals surface area contributed by atoms with Crippen LogP contribution in [-0.2, 0) is 9.53 Å². The van der Waals surface area contributed by atoms with Gasteiger partial charge in [-0.2, -0.15) is 0 Å². The molecule has 9 heteroatoms. The van der Waals surface area contributed by atoms with Gasteiger partial charge in [-0.3, -0.25) is 9.59 Å². The fourth-order valence-electron chi connectivity index (χ4n) is 5.07. The number of anilines is 2. The fourth-order valence-corrected chi connectivity index (χ4v) is 5.07. The molecule has 0 bridgehead atoms. The molecule has 1 amide bonds. The Balaban J connectivity index is 1.35. The molecule has 188 valence electrons. The summed E-state index contributed by atoms with van der Waals surface area (Å²) >= 11 is 0. The first-order chi connectivity index (χ1) is 17.5. The molecule has 1 atom stereocenters. The molecule has 0 spiro atoms. The number of benzene rings is 2. The number of ether oxygens (including phenoxy) is 1. The zero-order chi connectivity index (χ0) is 25.1. The molecular weight excluding hydrogens is 461 g/mol. The Hall–Kier alpha value is -3.75. The van der Waals surface area contributed by atoms with Crippen LogP contribution in [0.25, 0.3) is 10.8 Å². The summed E-state index contributed by atoms with van der Waals surface area (Å²) in [6, 6.07) is 14.3. The van der Waals surface area contributed by atoms with Gasteiger partial charge in [0.25, 0.3) is 5.91 Å². The number of piperazine rings is 1. The van der Waals surface area contributed by atoms with Crippen molar-refractivity contribution in [1.82, 2.24) is 15.1 Å². The van der Waals surface area contributed by atoms with Crippen LogP contribution in [0.1, 0.15) is 30.3 Å². The monoisotopic (exact) mass is 491 g/mol. The van der Waals surface area contributed by atoms with Crippen LogP contribution in [0.15, 0.2) is 48.5 Å². The minimum atomic E-state index is -0.307. The summed E-state index contributed by atoms with van der Waals surface area (Å²) in [5, 5.41) is 10.5. The third-order valence-electron chi connectivity index (χ3n) is 6.97. The number of aromatic nitrogens is 2. The maximum Gasteiger partial charge on any atom is 0.310 e. The number of rotatable bonds is 5. The first-order valence-electron chi connectivity index (χ1n) is 12.5. The van der Waals surface area contributed by atoms with Crippen LogP contribution in [0.4, 0.5) is 15.9 Å². The van der Waals surface area contributed by atoms with Gasteiger partial charge in [0.1, 0.15) is 5.82 Å². The first kappa shape index (κ1) is 24.0. The summed E-state index contributed by atoms with van der Waals surface area (Å²) < 4.78 is 18.5. The van der Waals surface area contributed by atoms with Crippen LogP contribution in [-0.4, -0.2) is 72.8 Å². The van der Waals surface area contributed by atoms with Crippen LogP contribution in [0.2, 0.25) is 0 Å². The third-order valence-corrected chi connectivity index (χ3v) is 6.97. The van der Waals surface area contributed by atoms with E-state index in [0.29, 0.717) is 25.4 Å². The maximum atomic E-state index is 13.5. The van der Waals surface area contributed by atoms with Crippen LogP contribution in [0, 0.1) is 11.7 Å². The van der Waals surface area contributed by atoms with Gasteiger partial charge in [-0.1, -0.05) is 24.3 Å². The number of hydrogen-bond donors (Lipinski definition) is 0. The number of hydrogen-bond acceptors (Lipinski definition) is 7. The van der Waals surface area contributed by atoms with Crippen molar-refractivity contribution in [3.8, 4) is 0 Å². The lowest BCUT2D eigenvalue weighted by Gasteiger charge is -2.37. The average molecular weight is 492 g/mol. The lowest BCUT2D eigenvalue weighted by molar-refractivity contribution is -0.149. The quantitative estimate of drug-likeness (QED) is 0.506. The molecule has 0 aliphatic carbocycles. The Morgan fingerprint density at radius 1 is 0.944 bits per heavy atom. The van der Waals surface area contributed by atoms with Crippen molar-refractivity contribution in [3.63, 3.8) is 0 Å². The van der Waals surface area contributed by atoms with Gasteiger partial charge in [0.2, 0.25) is 0 Å². The van der Waals surface area contributed by atoms with Crippen LogP contribution >= 0.6 is 0 Å². The van der Waals surface area contributed by atoms with E-state index in [-0.39, 0.29) is 23.6 Å². The highest BCUT2D eigenvalue weighted by Gasteiger charge is 2.32. The Bertz CT molecular complexity index is 1240. The van der Waals surface area contributed by atoms with Crippen molar-refractivity contribution in [2.75, 3.05) is 55.7 Å². The summed E-state index contributed by atoms with van der Waals surface area (Å²) in [6.07, 6.45) is 1.47. The molecule has 0 N–H and O–H groups in total. The van der Waals surface area contributed by atoms with E-state index in [1.807, 2.05) is 24.3 Å². The number of fused-ring (bicyclic) bond motifs is 1. The van der Waals surface area contributed by atoms with E-state index >= 15 is 0 Å². The Morgan fingerprint density at radius 3 is 2.36 bits per heavy atom. The van der Waals surface area contributed by atoms with E-state index in [2.05, 4.69) is 20.0 Å². The number of halogens is 1. The zero-order valence-electron chi connectivity index (χ0n) is 20.4. The number of nitrogens with zero attached hydrogens (tertiary/aromatic N) is 5. The average Bonchev–Trinajstić information content (AvgIpc) is 2.93. The highest BCUT2D eigenvalue weighted by Crippen LogP contribution is 2.29. The molecule has 5 rings (SSSR count). The third kappa shape index (κ3) is 4.82. The Labute approximate surface area is 209 Å². The molecule has 8 nitrogen and oxygen atoms in total. The van der Waals surface area contributed by atoms with Gasteiger partial charge in [-0.15, -0.1) is 10.2 Å². The molecule has 36 heavy (non-hydrogen) atoms. The van der Waals surface area contributed by atoms with Crippen LogP contribution in [0.3, 0.4) is 0 Å². The lowest BCUT2D eigenvalue weighted by Crippen LogP contribution is -2.47. The summed E-state index contributed by atoms with van der Waals surface area (Å²) in [5.74, 6) is -0.251. The minimum absolute atomic E-state index is 0.208. The van der Waals surface area contributed by atoms with E-state index in [1.54, 1.807) is 24.0 Å².